The second-order valence-electron chi connectivity index (χ2n) is 3.77. The van der Waals surface area contributed by atoms with Crippen molar-refractivity contribution in [2.45, 2.75) is 26.4 Å². The Hall–Kier alpha value is -0.310. The Labute approximate surface area is 101 Å². The van der Waals surface area contributed by atoms with Crippen LogP contribution in [-0.2, 0) is 14.8 Å². The van der Waals surface area contributed by atoms with Crippen molar-refractivity contribution in [3.63, 3.8) is 0 Å². The number of halogens is 2. The normalized spacial score (nSPS) is 12.9. The smallest absolute Gasteiger partial charge is 0.252 e. The summed E-state index contributed by atoms with van der Waals surface area (Å²) >= 11 is 0. The molecule has 0 heterocycles. The second-order valence-corrected chi connectivity index (χ2v) is 5.86. The summed E-state index contributed by atoms with van der Waals surface area (Å²) in [4.78, 5) is 0. The van der Waals surface area contributed by atoms with E-state index in [0.717, 1.165) is 0 Å². The fourth-order valence-corrected chi connectivity index (χ4v) is 2.45. The van der Waals surface area contributed by atoms with Crippen molar-refractivity contribution in [2.24, 2.45) is 5.73 Å². The van der Waals surface area contributed by atoms with E-state index >= 15 is 0 Å². The van der Waals surface area contributed by atoms with Crippen molar-refractivity contribution in [1.82, 2.24) is 4.31 Å². The van der Waals surface area contributed by atoms with Gasteiger partial charge in [0.1, 0.15) is 0 Å². The van der Waals surface area contributed by atoms with Gasteiger partial charge in [0.15, 0.2) is 0 Å². The molecule has 2 N–H and O–H groups in total. The fraction of sp³-hybridized carbons (Fsp3) is 1.00. The van der Waals surface area contributed by atoms with Crippen LogP contribution in [0.1, 0.15) is 13.8 Å². The Kier molecular flexibility index (Phi) is 7.77. The molecule has 8 heteroatoms. The van der Waals surface area contributed by atoms with Crippen molar-refractivity contribution < 1.29 is 21.9 Å². The molecule has 0 saturated carbocycles. The van der Waals surface area contributed by atoms with E-state index in [-0.39, 0.29) is 31.6 Å². The maximum atomic E-state index is 12.2. The number of sulfonamides is 1. The van der Waals surface area contributed by atoms with Crippen molar-refractivity contribution in [2.75, 3.05) is 32.0 Å². The van der Waals surface area contributed by atoms with Gasteiger partial charge in [-0.15, -0.1) is 0 Å². The van der Waals surface area contributed by atoms with Crippen LogP contribution in [0.25, 0.3) is 0 Å². The second kappa shape index (κ2) is 7.91. The molecule has 0 atom stereocenters. The molecule has 0 rings (SSSR count). The zero-order valence-electron chi connectivity index (χ0n) is 10.1. The fourth-order valence-electron chi connectivity index (χ4n) is 1.16. The van der Waals surface area contributed by atoms with Gasteiger partial charge < -0.3 is 10.5 Å². The Morgan fingerprint density at radius 1 is 1.35 bits per heavy atom. The number of rotatable bonds is 9. The SMILES string of the molecule is CC(C)OCCS(=O)(=O)N(CCN)CC(F)F. The lowest BCUT2D eigenvalue weighted by Crippen LogP contribution is -2.40. The van der Waals surface area contributed by atoms with E-state index < -0.39 is 23.0 Å². The largest absolute Gasteiger partial charge is 0.378 e. The van der Waals surface area contributed by atoms with E-state index in [2.05, 4.69) is 0 Å². The first-order valence-electron chi connectivity index (χ1n) is 5.37. The molecule has 5 nitrogen and oxygen atoms in total. The Bertz CT molecular complexity index is 297. The number of nitrogens with zero attached hydrogens (tertiary/aromatic N) is 1. The average Bonchev–Trinajstić information content (AvgIpc) is 2.15. The summed E-state index contributed by atoms with van der Waals surface area (Å²) in [6.45, 7) is 2.61. The van der Waals surface area contributed by atoms with Gasteiger partial charge in [-0.05, 0) is 13.8 Å². The number of ether oxygens (including phenoxy) is 1. The number of hydrogen-bond acceptors (Lipinski definition) is 4. The highest BCUT2D eigenvalue weighted by atomic mass is 32.2. The minimum absolute atomic E-state index is 0.00961. The number of nitrogens with two attached hydrogens (primary N) is 1. The van der Waals surface area contributed by atoms with Gasteiger partial charge in [-0.2, -0.15) is 4.31 Å². The van der Waals surface area contributed by atoms with Gasteiger partial charge in [-0.3, -0.25) is 0 Å². The van der Waals surface area contributed by atoms with E-state index in [1.165, 1.54) is 0 Å². The minimum Gasteiger partial charge on any atom is -0.378 e. The summed E-state index contributed by atoms with van der Waals surface area (Å²) in [5, 5.41) is 0. The first-order valence-corrected chi connectivity index (χ1v) is 6.98. The standard InChI is InChI=1S/C9H20F2N2O3S/c1-8(2)16-5-6-17(14,15)13(4-3-12)7-9(10)11/h8-9H,3-7,12H2,1-2H3. The molecule has 0 spiro atoms. The van der Waals surface area contributed by atoms with E-state index in [0.29, 0.717) is 4.31 Å². The maximum absolute atomic E-state index is 12.2. The maximum Gasteiger partial charge on any atom is 0.252 e. The summed E-state index contributed by atoms with van der Waals surface area (Å²) in [5.74, 6) is -0.308. The van der Waals surface area contributed by atoms with Crippen LogP contribution in [0.2, 0.25) is 0 Å². The molecule has 0 aliphatic carbocycles. The number of hydrogen-bond donors (Lipinski definition) is 1. The zero-order chi connectivity index (χ0) is 13.5. The zero-order valence-corrected chi connectivity index (χ0v) is 10.9. The Balaban J connectivity index is 4.38. The molecular formula is C9H20F2N2O3S. The van der Waals surface area contributed by atoms with Crippen molar-refractivity contribution in [3.05, 3.63) is 0 Å². The van der Waals surface area contributed by atoms with Gasteiger partial charge in [-0.25, -0.2) is 17.2 Å². The van der Waals surface area contributed by atoms with Crippen LogP contribution in [0.3, 0.4) is 0 Å². The highest BCUT2D eigenvalue weighted by Gasteiger charge is 2.24. The lowest BCUT2D eigenvalue weighted by atomic mass is 10.5. The van der Waals surface area contributed by atoms with Crippen LogP contribution in [0.15, 0.2) is 0 Å². The minimum atomic E-state index is -3.73. The van der Waals surface area contributed by atoms with Crippen LogP contribution in [0, 0.1) is 0 Å². The Morgan fingerprint density at radius 2 is 1.94 bits per heavy atom. The summed E-state index contributed by atoms with van der Waals surface area (Å²) in [6.07, 6.45) is -2.80. The third-order valence-corrected chi connectivity index (χ3v) is 3.71. The van der Waals surface area contributed by atoms with Gasteiger partial charge in [-0.1, -0.05) is 0 Å². The van der Waals surface area contributed by atoms with Crippen LogP contribution < -0.4 is 5.73 Å². The molecule has 0 amide bonds. The van der Waals surface area contributed by atoms with Crippen molar-refractivity contribution >= 4 is 10.0 Å². The van der Waals surface area contributed by atoms with Gasteiger partial charge in [0.05, 0.1) is 25.0 Å². The van der Waals surface area contributed by atoms with Gasteiger partial charge in [0.2, 0.25) is 10.0 Å². The first kappa shape index (κ1) is 16.7. The molecule has 0 radical (unpaired) electrons. The van der Waals surface area contributed by atoms with Crippen LogP contribution in [0.4, 0.5) is 8.78 Å². The Morgan fingerprint density at radius 3 is 2.35 bits per heavy atom. The summed E-state index contributed by atoms with van der Waals surface area (Å²) in [6, 6.07) is 0. The highest BCUT2D eigenvalue weighted by molar-refractivity contribution is 7.89. The van der Waals surface area contributed by atoms with Crippen molar-refractivity contribution in [1.29, 1.82) is 0 Å². The third kappa shape index (κ3) is 7.58. The first-order chi connectivity index (χ1) is 7.79. The molecule has 0 saturated heterocycles. The molecule has 0 aliphatic rings. The predicted octanol–water partition coefficient (Wildman–Crippen LogP) is 0.267. The molecule has 0 fully saturated rings. The lowest BCUT2D eigenvalue weighted by Gasteiger charge is -2.21. The molecule has 0 aromatic carbocycles. The highest BCUT2D eigenvalue weighted by Crippen LogP contribution is 2.06. The van der Waals surface area contributed by atoms with Gasteiger partial charge >= 0.3 is 0 Å². The van der Waals surface area contributed by atoms with E-state index in [1.807, 2.05) is 0 Å². The molecule has 0 aliphatic heterocycles. The average molecular weight is 274 g/mol. The molecular weight excluding hydrogens is 254 g/mol. The molecule has 17 heavy (non-hydrogen) atoms. The van der Waals surface area contributed by atoms with Crippen LogP contribution in [-0.4, -0.2) is 57.2 Å². The van der Waals surface area contributed by atoms with Crippen LogP contribution in [0.5, 0.6) is 0 Å². The van der Waals surface area contributed by atoms with Crippen molar-refractivity contribution in [3.8, 4) is 0 Å². The topological polar surface area (TPSA) is 72.6 Å². The quantitative estimate of drug-likeness (QED) is 0.655. The lowest BCUT2D eigenvalue weighted by molar-refractivity contribution is 0.0894. The summed E-state index contributed by atoms with van der Waals surface area (Å²) in [7, 11) is -3.73. The molecule has 0 bridgehead atoms. The monoisotopic (exact) mass is 274 g/mol. The van der Waals surface area contributed by atoms with Gasteiger partial charge in [0, 0.05) is 13.1 Å². The molecule has 104 valence electrons. The summed E-state index contributed by atoms with van der Waals surface area (Å²) < 4.78 is 53.6. The van der Waals surface area contributed by atoms with Crippen LogP contribution >= 0.6 is 0 Å². The predicted molar refractivity (Wildman–Crippen MR) is 61.5 cm³/mol. The third-order valence-electron chi connectivity index (χ3n) is 1.91. The summed E-state index contributed by atoms with van der Waals surface area (Å²) in [5.41, 5.74) is 5.20. The molecule has 0 aromatic rings. The molecule has 0 aromatic heterocycles. The number of alkyl halides is 2. The van der Waals surface area contributed by atoms with E-state index in [9.17, 15) is 17.2 Å². The van der Waals surface area contributed by atoms with E-state index in [1.54, 1.807) is 13.8 Å². The molecule has 0 unspecified atom stereocenters. The van der Waals surface area contributed by atoms with Gasteiger partial charge in [0.25, 0.3) is 6.43 Å². The van der Waals surface area contributed by atoms with E-state index in [4.69, 9.17) is 10.5 Å².